The zero-order valence-electron chi connectivity index (χ0n) is 21.2. The minimum Gasteiger partial charge on any atom is -0.478 e. The Balaban J connectivity index is 1.81. The highest BCUT2D eigenvalue weighted by molar-refractivity contribution is 5.85. The molecule has 0 saturated carbocycles. The van der Waals surface area contributed by atoms with E-state index in [-0.39, 0.29) is 12.4 Å². The van der Waals surface area contributed by atoms with Crippen LogP contribution in [0.5, 0.6) is 0 Å². The first-order chi connectivity index (χ1) is 18.1. The molecule has 3 atom stereocenters. The topological polar surface area (TPSA) is 63.2 Å². The van der Waals surface area contributed by atoms with Crippen LogP contribution in [0.1, 0.15) is 16.7 Å². The average molecular weight is 503 g/mol. The quantitative estimate of drug-likeness (QED) is 0.109. The van der Waals surface area contributed by atoms with E-state index >= 15 is 0 Å². The molecule has 6 heteroatoms. The molecule has 37 heavy (non-hydrogen) atoms. The van der Waals surface area contributed by atoms with Crippen molar-refractivity contribution in [3.05, 3.63) is 133 Å². The first-order valence-electron chi connectivity index (χ1n) is 12.1. The largest absolute Gasteiger partial charge is 0.478 e. The monoisotopic (exact) mass is 502 g/mol. The fourth-order valence-electron chi connectivity index (χ4n) is 3.65. The minimum atomic E-state index is -0.738. The van der Waals surface area contributed by atoms with Crippen LogP contribution in [0.4, 0.5) is 0 Å². The third-order valence-corrected chi connectivity index (χ3v) is 5.59. The number of ether oxygens (including phenoxy) is 5. The summed E-state index contributed by atoms with van der Waals surface area (Å²) in [4.78, 5) is 12.1. The molecule has 0 saturated heterocycles. The van der Waals surface area contributed by atoms with Crippen molar-refractivity contribution in [1.82, 2.24) is 0 Å². The van der Waals surface area contributed by atoms with Crippen LogP contribution >= 0.6 is 0 Å². The zero-order chi connectivity index (χ0) is 26.3. The Morgan fingerprint density at radius 3 is 1.76 bits per heavy atom. The van der Waals surface area contributed by atoms with Crippen molar-refractivity contribution in [3.63, 3.8) is 0 Å². The summed E-state index contributed by atoms with van der Waals surface area (Å²) in [5, 5.41) is 0. The Morgan fingerprint density at radius 2 is 1.27 bits per heavy atom. The molecule has 0 aliphatic rings. The molecule has 3 rings (SSSR count). The van der Waals surface area contributed by atoms with Gasteiger partial charge in [-0.3, -0.25) is 0 Å². The number of benzene rings is 3. The molecule has 0 bridgehead atoms. The summed E-state index contributed by atoms with van der Waals surface area (Å²) < 4.78 is 29.3. The van der Waals surface area contributed by atoms with E-state index in [1.165, 1.54) is 7.11 Å². The number of carbonyl (C=O) groups is 1. The van der Waals surface area contributed by atoms with Gasteiger partial charge >= 0.3 is 5.97 Å². The lowest BCUT2D eigenvalue weighted by molar-refractivity contribution is -0.156. The molecule has 0 amide bonds. The molecule has 0 radical (unpaired) electrons. The van der Waals surface area contributed by atoms with E-state index in [0.29, 0.717) is 19.8 Å². The van der Waals surface area contributed by atoms with Crippen LogP contribution in [-0.4, -0.2) is 38.0 Å². The summed E-state index contributed by atoms with van der Waals surface area (Å²) in [7, 11) is 1.27. The summed E-state index contributed by atoms with van der Waals surface area (Å²) >= 11 is 0. The Kier molecular flexibility index (Phi) is 11.6. The first kappa shape index (κ1) is 27.9. The van der Waals surface area contributed by atoms with Gasteiger partial charge in [0.1, 0.15) is 12.2 Å². The lowest BCUT2D eigenvalue weighted by atomic mass is 10.1. The molecule has 0 N–H and O–H groups in total. The molecule has 3 aromatic carbocycles. The van der Waals surface area contributed by atoms with Gasteiger partial charge in [0, 0.05) is 0 Å². The van der Waals surface area contributed by atoms with Crippen LogP contribution < -0.4 is 0 Å². The number of hydrogen-bond acceptors (Lipinski definition) is 6. The van der Waals surface area contributed by atoms with Crippen LogP contribution in [-0.2, 0) is 48.3 Å². The van der Waals surface area contributed by atoms with Gasteiger partial charge in [-0.25, -0.2) is 4.79 Å². The van der Waals surface area contributed by atoms with E-state index in [4.69, 9.17) is 23.7 Å². The van der Waals surface area contributed by atoms with Gasteiger partial charge in [0.05, 0.1) is 33.5 Å². The second-order valence-electron chi connectivity index (χ2n) is 8.33. The molecule has 194 valence electrons. The van der Waals surface area contributed by atoms with E-state index in [2.05, 4.69) is 13.2 Å². The van der Waals surface area contributed by atoms with Crippen LogP contribution in [0.15, 0.2) is 116 Å². The van der Waals surface area contributed by atoms with Crippen LogP contribution in [0, 0.1) is 0 Å². The van der Waals surface area contributed by atoms with Crippen molar-refractivity contribution in [2.45, 2.75) is 38.1 Å². The molecular formula is C31H34O6. The van der Waals surface area contributed by atoms with Gasteiger partial charge in [0.15, 0.2) is 11.9 Å². The van der Waals surface area contributed by atoms with Crippen LogP contribution in [0.3, 0.4) is 0 Å². The average Bonchev–Trinajstić information content (AvgIpc) is 2.95. The Morgan fingerprint density at radius 1 is 0.784 bits per heavy atom. The van der Waals surface area contributed by atoms with Crippen molar-refractivity contribution in [1.29, 1.82) is 0 Å². The van der Waals surface area contributed by atoms with Crippen LogP contribution in [0.2, 0.25) is 0 Å². The molecule has 3 aromatic rings. The number of carbonyl (C=O) groups excluding carboxylic acids is 1. The zero-order valence-corrected chi connectivity index (χ0v) is 21.2. The lowest BCUT2D eigenvalue weighted by Crippen LogP contribution is -2.44. The first-order valence-corrected chi connectivity index (χ1v) is 12.1. The maximum Gasteiger partial charge on any atom is 0.372 e. The SMILES string of the molecule is C=C[C@@H](OCc1ccccc1)[C@H](OCc1ccccc1)[C@@H](COCc1ccccc1)OC(=C)C(=O)OC. The summed E-state index contributed by atoms with van der Waals surface area (Å²) in [6.07, 6.45) is -0.302. The Labute approximate surface area is 219 Å². The van der Waals surface area contributed by atoms with E-state index in [9.17, 15) is 4.79 Å². The van der Waals surface area contributed by atoms with E-state index in [1.807, 2.05) is 91.0 Å². The molecule has 0 spiro atoms. The highest BCUT2D eigenvalue weighted by Crippen LogP contribution is 2.21. The second kappa shape index (κ2) is 15.4. The standard InChI is InChI=1S/C31H34O6/c1-4-28(35-21-26-16-10-6-11-17-26)30(36-22-27-18-12-7-13-19-27)29(37-24(2)31(32)33-3)23-34-20-25-14-8-5-9-15-25/h4-19,28-30H,1-2,20-23H2,3H3/t28-,29-,30+/m1/s1. The van der Waals surface area contributed by atoms with Crippen molar-refractivity contribution in [3.8, 4) is 0 Å². The predicted molar refractivity (Wildman–Crippen MR) is 142 cm³/mol. The normalized spacial score (nSPS) is 13.2. The Bertz CT molecular complexity index is 1080. The highest BCUT2D eigenvalue weighted by atomic mass is 16.6. The van der Waals surface area contributed by atoms with E-state index < -0.39 is 24.3 Å². The number of esters is 1. The van der Waals surface area contributed by atoms with Gasteiger partial charge in [0.2, 0.25) is 0 Å². The third-order valence-electron chi connectivity index (χ3n) is 5.59. The molecule has 0 aliphatic carbocycles. The summed E-state index contributed by atoms with van der Waals surface area (Å²) in [6, 6.07) is 29.4. The van der Waals surface area contributed by atoms with Gasteiger partial charge in [-0.1, -0.05) is 97.1 Å². The Hall–Kier alpha value is -3.71. The summed E-state index contributed by atoms with van der Waals surface area (Å²) in [5.74, 6) is -0.815. The number of rotatable bonds is 16. The molecule has 0 heterocycles. The molecule has 0 fully saturated rings. The maximum absolute atomic E-state index is 12.1. The summed E-state index contributed by atoms with van der Waals surface area (Å²) in [6.45, 7) is 8.83. The van der Waals surface area contributed by atoms with Gasteiger partial charge in [-0.2, -0.15) is 0 Å². The van der Waals surface area contributed by atoms with Gasteiger partial charge < -0.3 is 23.7 Å². The number of hydrogen-bond donors (Lipinski definition) is 0. The van der Waals surface area contributed by atoms with Gasteiger partial charge in [-0.05, 0) is 23.3 Å². The smallest absolute Gasteiger partial charge is 0.372 e. The fraction of sp³-hybridized carbons (Fsp3) is 0.258. The number of methoxy groups -OCH3 is 1. The predicted octanol–water partition coefficient (Wildman–Crippen LogP) is 5.63. The minimum absolute atomic E-state index is 0.114. The molecule has 0 unspecified atom stereocenters. The summed E-state index contributed by atoms with van der Waals surface area (Å²) in [5.41, 5.74) is 3.00. The third kappa shape index (κ3) is 9.35. The van der Waals surface area contributed by atoms with Crippen molar-refractivity contribution < 1.29 is 28.5 Å². The highest BCUT2D eigenvalue weighted by Gasteiger charge is 2.33. The van der Waals surface area contributed by atoms with E-state index in [0.717, 1.165) is 16.7 Å². The molecule has 0 aliphatic heterocycles. The molecular weight excluding hydrogens is 468 g/mol. The lowest BCUT2D eigenvalue weighted by Gasteiger charge is -2.32. The fourth-order valence-corrected chi connectivity index (χ4v) is 3.65. The maximum atomic E-state index is 12.1. The van der Waals surface area contributed by atoms with E-state index in [1.54, 1.807) is 6.08 Å². The molecule has 0 aromatic heterocycles. The van der Waals surface area contributed by atoms with Crippen molar-refractivity contribution in [2.24, 2.45) is 0 Å². The van der Waals surface area contributed by atoms with Gasteiger partial charge in [-0.15, -0.1) is 6.58 Å². The van der Waals surface area contributed by atoms with Crippen LogP contribution in [0.25, 0.3) is 0 Å². The molecule has 6 nitrogen and oxygen atoms in total. The van der Waals surface area contributed by atoms with Crippen molar-refractivity contribution >= 4 is 5.97 Å². The van der Waals surface area contributed by atoms with Crippen molar-refractivity contribution in [2.75, 3.05) is 13.7 Å². The second-order valence-corrected chi connectivity index (χ2v) is 8.33. The van der Waals surface area contributed by atoms with Gasteiger partial charge in [0.25, 0.3) is 0 Å².